The summed E-state index contributed by atoms with van der Waals surface area (Å²) in [6.45, 7) is 0. The monoisotopic (exact) mass is 357 g/mol. The van der Waals surface area contributed by atoms with Crippen molar-refractivity contribution in [2.24, 2.45) is 4.99 Å². The van der Waals surface area contributed by atoms with E-state index in [0.29, 0.717) is 22.8 Å². The third kappa shape index (κ3) is 3.23. The van der Waals surface area contributed by atoms with Gasteiger partial charge in [0.05, 0.1) is 21.3 Å². The number of cyclic esters (lactones) is 1. The molecule has 1 heterocycles. The van der Waals surface area contributed by atoms with E-state index < -0.39 is 11.8 Å². The SMILES string of the molecule is COc1cc(C2=N/C(=C\c3ccccc3F)C(=O)O2)cc(OC)c1OC. The van der Waals surface area contributed by atoms with Crippen LogP contribution in [0, 0.1) is 5.82 Å². The molecule has 26 heavy (non-hydrogen) atoms. The van der Waals surface area contributed by atoms with Crippen LogP contribution in [-0.4, -0.2) is 33.2 Å². The number of methoxy groups -OCH3 is 3. The number of ether oxygens (including phenoxy) is 4. The normalized spacial score (nSPS) is 14.8. The van der Waals surface area contributed by atoms with E-state index in [2.05, 4.69) is 4.99 Å². The maximum Gasteiger partial charge on any atom is 0.363 e. The van der Waals surface area contributed by atoms with E-state index in [1.54, 1.807) is 30.3 Å². The second-order valence-corrected chi connectivity index (χ2v) is 5.27. The molecule has 0 bridgehead atoms. The molecule has 0 radical (unpaired) electrons. The molecule has 134 valence electrons. The summed E-state index contributed by atoms with van der Waals surface area (Å²) in [7, 11) is 4.45. The number of rotatable bonds is 5. The number of esters is 1. The molecule has 0 atom stereocenters. The maximum atomic E-state index is 13.8. The quantitative estimate of drug-likeness (QED) is 0.607. The molecular formula is C19H16FNO5. The van der Waals surface area contributed by atoms with Crippen molar-refractivity contribution in [3.63, 3.8) is 0 Å². The van der Waals surface area contributed by atoms with Gasteiger partial charge < -0.3 is 18.9 Å². The highest BCUT2D eigenvalue weighted by atomic mass is 19.1. The van der Waals surface area contributed by atoms with Crippen LogP contribution in [-0.2, 0) is 9.53 Å². The van der Waals surface area contributed by atoms with Gasteiger partial charge in [-0.05, 0) is 24.3 Å². The van der Waals surface area contributed by atoms with Gasteiger partial charge >= 0.3 is 5.97 Å². The van der Waals surface area contributed by atoms with Crippen LogP contribution in [0.15, 0.2) is 47.1 Å². The third-order valence-electron chi connectivity index (χ3n) is 3.73. The largest absolute Gasteiger partial charge is 0.493 e. The first-order valence-corrected chi connectivity index (χ1v) is 7.65. The molecular weight excluding hydrogens is 341 g/mol. The number of carbonyl (C=O) groups excluding carboxylic acids is 1. The lowest BCUT2D eigenvalue weighted by atomic mass is 10.1. The summed E-state index contributed by atoms with van der Waals surface area (Å²) in [4.78, 5) is 16.3. The van der Waals surface area contributed by atoms with Gasteiger partial charge in [0.15, 0.2) is 17.2 Å². The van der Waals surface area contributed by atoms with E-state index in [1.165, 1.54) is 33.5 Å². The number of benzene rings is 2. The molecule has 0 saturated heterocycles. The first-order chi connectivity index (χ1) is 12.6. The van der Waals surface area contributed by atoms with Gasteiger partial charge in [-0.15, -0.1) is 0 Å². The number of hydrogen-bond donors (Lipinski definition) is 0. The van der Waals surface area contributed by atoms with Gasteiger partial charge in [-0.3, -0.25) is 0 Å². The van der Waals surface area contributed by atoms with E-state index in [9.17, 15) is 9.18 Å². The van der Waals surface area contributed by atoms with E-state index in [0.717, 1.165) is 0 Å². The van der Waals surface area contributed by atoms with Crippen molar-refractivity contribution in [1.29, 1.82) is 0 Å². The van der Waals surface area contributed by atoms with Crippen molar-refractivity contribution in [2.75, 3.05) is 21.3 Å². The molecule has 3 rings (SSSR count). The summed E-state index contributed by atoms with van der Waals surface area (Å²) in [6, 6.07) is 9.30. The molecule has 2 aromatic carbocycles. The molecule has 7 heteroatoms. The molecule has 0 N–H and O–H groups in total. The van der Waals surface area contributed by atoms with Crippen LogP contribution < -0.4 is 14.2 Å². The minimum atomic E-state index is -0.669. The standard InChI is InChI=1S/C19H16FNO5/c1-23-15-9-12(10-16(24-2)17(15)25-3)18-21-14(19(22)26-18)8-11-6-4-5-7-13(11)20/h4-10H,1-3H3/b14-8-. The van der Waals surface area contributed by atoms with Crippen LogP contribution in [0.2, 0.25) is 0 Å². The summed E-state index contributed by atoms with van der Waals surface area (Å²) in [5, 5.41) is 0. The topological polar surface area (TPSA) is 66.4 Å². The van der Waals surface area contributed by atoms with E-state index >= 15 is 0 Å². The second kappa shape index (κ2) is 7.26. The van der Waals surface area contributed by atoms with Gasteiger partial charge in [-0.25, -0.2) is 14.2 Å². The molecule has 1 aliphatic rings. The molecule has 2 aromatic rings. The van der Waals surface area contributed by atoms with E-state index in [4.69, 9.17) is 18.9 Å². The predicted octanol–water partition coefficient (Wildman–Crippen LogP) is 3.20. The Morgan fingerprint density at radius 2 is 1.69 bits per heavy atom. The number of hydrogen-bond acceptors (Lipinski definition) is 6. The number of nitrogens with zero attached hydrogens (tertiary/aromatic N) is 1. The Labute approximate surface area is 149 Å². The Morgan fingerprint density at radius 3 is 2.27 bits per heavy atom. The first kappa shape index (κ1) is 17.5. The summed E-state index contributed by atoms with van der Waals surface area (Å²) >= 11 is 0. The summed E-state index contributed by atoms with van der Waals surface area (Å²) in [5.41, 5.74) is 0.706. The van der Waals surface area contributed by atoms with Crippen molar-refractivity contribution in [3.8, 4) is 17.2 Å². The highest BCUT2D eigenvalue weighted by Gasteiger charge is 2.26. The average Bonchev–Trinajstić information content (AvgIpc) is 3.02. The number of halogens is 1. The maximum absolute atomic E-state index is 13.8. The van der Waals surface area contributed by atoms with E-state index in [-0.39, 0.29) is 17.2 Å². The predicted molar refractivity (Wildman–Crippen MR) is 93.1 cm³/mol. The first-order valence-electron chi connectivity index (χ1n) is 7.65. The lowest BCUT2D eigenvalue weighted by Crippen LogP contribution is -2.07. The van der Waals surface area contributed by atoms with Crippen LogP contribution in [0.5, 0.6) is 17.2 Å². The molecule has 0 unspecified atom stereocenters. The van der Waals surface area contributed by atoms with Crippen molar-refractivity contribution in [2.45, 2.75) is 0 Å². The third-order valence-corrected chi connectivity index (χ3v) is 3.73. The molecule has 0 spiro atoms. The van der Waals surface area contributed by atoms with Gasteiger partial charge in [0, 0.05) is 11.1 Å². The minimum Gasteiger partial charge on any atom is -0.493 e. The van der Waals surface area contributed by atoms with Crippen LogP contribution in [0.3, 0.4) is 0 Å². The highest BCUT2D eigenvalue weighted by molar-refractivity contribution is 6.13. The van der Waals surface area contributed by atoms with Crippen molar-refractivity contribution in [3.05, 3.63) is 59.0 Å². The smallest absolute Gasteiger partial charge is 0.363 e. The van der Waals surface area contributed by atoms with E-state index in [1.807, 2.05) is 0 Å². The zero-order valence-electron chi connectivity index (χ0n) is 14.4. The fourth-order valence-corrected chi connectivity index (χ4v) is 2.48. The molecule has 6 nitrogen and oxygen atoms in total. The molecule has 1 aliphatic heterocycles. The number of carbonyl (C=O) groups is 1. The van der Waals surface area contributed by atoms with Crippen molar-refractivity contribution in [1.82, 2.24) is 0 Å². The molecule has 0 aromatic heterocycles. The van der Waals surface area contributed by atoms with Gasteiger partial charge in [0.25, 0.3) is 0 Å². The van der Waals surface area contributed by atoms with Crippen molar-refractivity contribution < 1.29 is 28.1 Å². The van der Waals surface area contributed by atoms with Crippen LogP contribution in [0.1, 0.15) is 11.1 Å². The van der Waals surface area contributed by atoms with Gasteiger partial charge in [-0.1, -0.05) is 18.2 Å². The Kier molecular flexibility index (Phi) is 4.88. The zero-order valence-corrected chi connectivity index (χ0v) is 14.4. The van der Waals surface area contributed by atoms with Gasteiger partial charge in [-0.2, -0.15) is 0 Å². The molecule has 0 fully saturated rings. The second-order valence-electron chi connectivity index (χ2n) is 5.27. The Hall–Kier alpha value is -3.35. The summed E-state index contributed by atoms with van der Waals surface area (Å²) in [6.07, 6.45) is 1.34. The molecule has 0 aliphatic carbocycles. The van der Waals surface area contributed by atoms with Crippen LogP contribution >= 0.6 is 0 Å². The Bertz CT molecular complexity index is 895. The van der Waals surface area contributed by atoms with Gasteiger partial charge in [0.2, 0.25) is 11.6 Å². The summed E-state index contributed by atoms with van der Waals surface area (Å²) < 4.78 is 34.8. The Morgan fingerprint density at radius 1 is 1.04 bits per heavy atom. The molecule has 0 amide bonds. The number of aliphatic imine (C=N–C) groups is 1. The molecule has 0 saturated carbocycles. The lowest BCUT2D eigenvalue weighted by Gasteiger charge is -2.13. The average molecular weight is 357 g/mol. The Balaban J connectivity index is 2.03. The van der Waals surface area contributed by atoms with Gasteiger partial charge in [0.1, 0.15) is 5.82 Å². The van der Waals surface area contributed by atoms with Crippen LogP contribution in [0.25, 0.3) is 6.08 Å². The van der Waals surface area contributed by atoms with Crippen molar-refractivity contribution >= 4 is 17.9 Å². The zero-order chi connectivity index (χ0) is 18.7. The fourth-order valence-electron chi connectivity index (χ4n) is 2.48. The minimum absolute atomic E-state index is 0.00106. The fraction of sp³-hybridized carbons (Fsp3) is 0.158. The van der Waals surface area contributed by atoms with Crippen LogP contribution in [0.4, 0.5) is 4.39 Å². The highest BCUT2D eigenvalue weighted by Crippen LogP contribution is 2.39. The lowest BCUT2D eigenvalue weighted by molar-refractivity contribution is -0.129. The summed E-state index contributed by atoms with van der Waals surface area (Å²) in [5.74, 6) is 0.142.